The van der Waals surface area contributed by atoms with Crippen molar-refractivity contribution in [3.05, 3.63) is 29.8 Å². The summed E-state index contributed by atoms with van der Waals surface area (Å²) >= 11 is 0. The molecule has 1 aromatic carbocycles. The molecule has 0 aliphatic carbocycles. The van der Waals surface area contributed by atoms with Crippen molar-refractivity contribution in [1.29, 1.82) is 0 Å². The predicted octanol–water partition coefficient (Wildman–Crippen LogP) is 1.85. The summed E-state index contributed by atoms with van der Waals surface area (Å²) in [6.45, 7) is 3.23. The number of benzene rings is 1. The topological polar surface area (TPSA) is 63.6 Å². The predicted molar refractivity (Wildman–Crippen MR) is 70.2 cm³/mol. The van der Waals surface area contributed by atoms with Crippen LogP contribution >= 0.6 is 0 Å². The molecule has 0 saturated carbocycles. The molecular weight excluding hydrogens is 252 g/mol. The van der Waals surface area contributed by atoms with Crippen LogP contribution in [0.5, 0.6) is 0 Å². The Morgan fingerprint density at radius 1 is 1.33 bits per heavy atom. The quantitative estimate of drug-likeness (QED) is 0.732. The molecule has 0 saturated heterocycles. The number of carboxylic acid groups (broad SMARTS) is 1. The van der Waals surface area contributed by atoms with Gasteiger partial charge in [-0.3, -0.25) is 9.00 Å². The van der Waals surface area contributed by atoms with Gasteiger partial charge >= 0.3 is 5.97 Å². The lowest BCUT2D eigenvalue weighted by Crippen LogP contribution is -2.04. The van der Waals surface area contributed by atoms with Crippen molar-refractivity contribution < 1.29 is 18.8 Å². The molecule has 0 fully saturated rings. The molecule has 4 nitrogen and oxygen atoms in total. The lowest BCUT2D eigenvalue weighted by atomic mass is 10.2. The maximum absolute atomic E-state index is 11.9. The summed E-state index contributed by atoms with van der Waals surface area (Å²) in [4.78, 5) is 11.3. The zero-order chi connectivity index (χ0) is 13.4. The largest absolute Gasteiger partial charge is 0.481 e. The fourth-order valence-corrected chi connectivity index (χ4v) is 2.54. The molecule has 0 amide bonds. The Morgan fingerprint density at radius 2 is 2.00 bits per heavy atom. The molecule has 5 heteroatoms. The van der Waals surface area contributed by atoms with Crippen LogP contribution in [0.2, 0.25) is 0 Å². The van der Waals surface area contributed by atoms with Gasteiger partial charge < -0.3 is 9.84 Å². The van der Waals surface area contributed by atoms with Gasteiger partial charge in [0.05, 0.1) is 17.2 Å². The van der Waals surface area contributed by atoms with Crippen molar-refractivity contribution in [2.75, 3.05) is 19.0 Å². The van der Waals surface area contributed by atoms with Gasteiger partial charge in [0.25, 0.3) is 0 Å². The van der Waals surface area contributed by atoms with Crippen LogP contribution in [-0.2, 0) is 26.8 Å². The van der Waals surface area contributed by atoms with E-state index in [9.17, 15) is 9.00 Å². The monoisotopic (exact) mass is 270 g/mol. The molecule has 0 radical (unpaired) electrons. The van der Waals surface area contributed by atoms with Crippen molar-refractivity contribution in [2.24, 2.45) is 0 Å². The zero-order valence-electron chi connectivity index (χ0n) is 10.4. The Hall–Kier alpha value is -1.20. The van der Waals surface area contributed by atoms with E-state index in [4.69, 9.17) is 9.84 Å². The zero-order valence-corrected chi connectivity index (χ0v) is 11.2. The Balaban J connectivity index is 2.46. The van der Waals surface area contributed by atoms with Gasteiger partial charge in [0.2, 0.25) is 0 Å². The number of ether oxygens (including phenoxy) is 1. The Labute approximate surface area is 109 Å². The molecule has 1 rings (SSSR count). The second-order valence-electron chi connectivity index (χ2n) is 3.81. The summed E-state index contributed by atoms with van der Waals surface area (Å²) in [7, 11) is -1.04. The molecule has 1 unspecified atom stereocenters. The van der Waals surface area contributed by atoms with E-state index in [1.165, 1.54) is 0 Å². The number of rotatable bonds is 8. The summed E-state index contributed by atoms with van der Waals surface area (Å²) in [5.41, 5.74) is 0.720. The number of hydrogen-bond donors (Lipinski definition) is 1. The maximum Gasteiger partial charge on any atom is 0.307 e. The van der Waals surface area contributed by atoms with Crippen molar-refractivity contribution in [3.8, 4) is 0 Å². The van der Waals surface area contributed by atoms with Crippen LogP contribution in [0.1, 0.15) is 18.9 Å². The molecule has 0 aliphatic heterocycles. The molecule has 0 aliphatic rings. The molecule has 1 atom stereocenters. The van der Waals surface area contributed by atoms with E-state index in [0.717, 1.165) is 16.9 Å². The van der Waals surface area contributed by atoms with Gasteiger partial charge in [-0.05, 0) is 31.0 Å². The molecular formula is C13H18O4S. The fraction of sp³-hybridized carbons (Fsp3) is 0.462. The van der Waals surface area contributed by atoms with Crippen LogP contribution in [0.25, 0.3) is 0 Å². The first kappa shape index (κ1) is 14.9. The highest BCUT2D eigenvalue weighted by Crippen LogP contribution is 2.10. The van der Waals surface area contributed by atoms with E-state index >= 15 is 0 Å². The van der Waals surface area contributed by atoms with Crippen LogP contribution in [0.4, 0.5) is 0 Å². The minimum atomic E-state index is -1.04. The van der Waals surface area contributed by atoms with Crippen LogP contribution in [-0.4, -0.2) is 34.3 Å². The highest BCUT2D eigenvalue weighted by Gasteiger charge is 2.05. The van der Waals surface area contributed by atoms with Gasteiger partial charge in [-0.15, -0.1) is 0 Å². The van der Waals surface area contributed by atoms with Crippen LogP contribution in [0.3, 0.4) is 0 Å². The third kappa shape index (κ3) is 5.42. The van der Waals surface area contributed by atoms with E-state index in [0.29, 0.717) is 19.0 Å². The van der Waals surface area contributed by atoms with Gasteiger partial charge in [-0.1, -0.05) is 12.1 Å². The van der Waals surface area contributed by atoms with Gasteiger partial charge in [-0.2, -0.15) is 0 Å². The van der Waals surface area contributed by atoms with Gasteiger partial charge in [0, 0.05) is 23.9 Å². The van der Waals surface area contributed by atoms with E-state index in [-0.39, 0.29) is 6.42 Å². The Morgan fingerprint density at radius 3 is 2.56 bits per heavy atom. The normalized spacial score (nSPS) is 12.3. The number of hydrogen-bond acceptors (Lipinski definition) is 3. The summed E-state index contributed by atoms with van der Waals surface area (Å²) < 4.78 is 17.1. The van der Waals surface area contributed by atoms with Crippen molar-refractivity contribution >= 4 is 16.8 Å². The molecule has 0 bridgehead atoms. The maximum atomic E-state index is 11.9. The molecule has 0 aromatic heterocycles. The van der Waals surface area contributed by atoms with Gasteiger partial charge in [0.15, 0.2) is 0 Å². The smallest absolute Gasteiger partial charge is 0.307 e. The Kier molecular flexibility index (Phi) is 6.60. The second-order valence-corrected chi connectivity index (χ2v) is 5.39. The number of carbonyl (C=O) groups is 1. The first-order chi connectivity index (χ1) is 8.63. The molecule has 0 heterocycles. The molecule has 18 heavy (non-hydrogen) atoms. The molecule has 100 valence electrons. The van der Waals surface area contributed by atoms with Crippen molar-refractivity contribution in [1.82, 2.24) is 0 Å². The highest BCUT2D eigenvalue weighted by atomic mass is 32.2. The summed E-state index contributed by atoms with van der Waals surface area (Å²) in [6.07, 6.45) is 0.759. The average molecular weight is 270 g/mol. The molecule has 0 spiro atoms. The standard InChI is InChI=1S/C13H18O4S/c1-2-17-8-3-9-18(16)12-6-4-11(5-7-12)10-13(14)15/h4-7H,2-3,8-10H2,1H3,(H,14,15). The summed E-state index contributed by atoms with van der Waals surface area (Å²) in [5.74, 6) is -0.293. The van der Waals surface area contributed by atoms with E-state index in [1.807, 2.05) is 6.92 Å². The van der Waals surface area contributed by atoms with Crippen LogP contribution in [0.15, 0.2) is 29.2 Å². The minimum Gasteiger partial charge on any atom is -0.481 e. The van der Waals surface area contributed by atoms with Gasteiger partial charge in [-0.25, -0.2) is 0 Å². The SMILES string of the molecule is CCOCCCS(=O)c1ccc(CC(=O)O)cc1. The third-order valence-electron chi connectivity index (χ3n) is 2.36. The molecule has 1 N–H and O–H groups in total. The number of aliphatic carboxylic acids is 1. The van der Waals surface area contributed by atoms with Crippen molar-refractivity contribution in [2.45, 2.75) is 24.7 Å². The van der Waals surface area contributed by atoms with Crippen LogP contribution < -0.4 is 0 Å². The van der Waals surface area contributed by atoms with E-state index in [2.05, 4.69) is 0 Å². The highest BCUT2D eigenvalue weighted by molar-refractivity contribution is 7.85. The van der Waals surface area contributed by atoms with Crippen molar-refractivity contribution in [3.63, 3.8) is 0 Å². The lowest BCUT2D eigenvalue weighted by molar-refractivity contribution is -0.136. The first-order valence-corrected chi connectivity index (χ1v) is 7.22. The first-order valence-electron chi connectivity index (χ1n) is 5.90. The average Bonchev–Trinajstić information content (AvgIpc) is 2.34. The number of carboxylic acids is 1. The van der Waals surface area contributed by atoms with Crippen LogP contribution in [0, 0.1) is 0 Å². The van der Waals surface area contributed by atoms with E-state index < -0.39 is 16.8 Å². The Bertz CT molecular complexity index is 400. The minimum absolute atomic E-state index is 0.00272. The summed E-state index contributed by atoms with van der Waals surface area (Å²) in [6, 6.07) is 6.89. The molecule has 1 aromatic rings. The summed E-state index contributed by atoms with van der Waals surface area (Å²) in [5, 5.41) is 8.64. The third-order valence-corrected chi connectivity index (χ3v) is 3.82. The van der Waals surface area contributed by atoms with Gasteiger partial charge in [0.1, 0.15) is 0 Å². The lowest BCUT2D eigenvalue weighted by Gasteiger charge is -2.04. The van der Waals surface area contributed by atoms with E-state index in [1.54, 1.807) is 24.3 Å². The fourth-order valence-electron chi connectivity index (χ4n) is 1.49. The second kappa shape index (κ2) is 8.00.